The lowest BCUT2D eigenvalue weighted by Gasteiger charge is -2.23. The van der Waals surface area contributed by atoms with Crippen LogP contribution in [0.2, 0.25) is 0 Å². The van der Waals surface area contributed by atoms with Crippen LogP contribution in [0.1, 0.15) is 34.1 Å². The molecule has 0 aliphatic carbocycles. The van der Waals surface area contributed by atoms with Gasteiger partial charge < -0.3 is 15.4 Å². The van der Waals surface area contributed by atoms with Crippen molar-refractivity contribution in [3.8, 4) is 0 Å². The monoisotopic (exact) mass is 403 g/mol. The maximum absolute atomic E-state index is 5.49. The predicted molar refractivity (Wildman–Crippen MR) is 98.1 cm³/mol. The molecule has 6 heteroatoms. The number of aliphatic imine (C=N–C) groups is 1. The van der Waals surface area contributed by atoms with Crippen LogP contribution in [0.3, 0.4) is 0 Å². The minimum atomic E-state index is 0. The fourth-order valence-corrected chi connectivity index (χ4v) is 1.40. The highest BCUT2D eigenvalue weighted by molar-refractivity contribution is 14.0. The van der Waals surface area contributed by atoms with Gasteiger partial charge in [-0.3, -0.25) is 4.99 Å². The molecule has 0 saturated heterocycles. The molecule has 0 heterocycles. The molecule has 0 saturated carbocycles. The SMILES string of the molecule is CN=C(NCCCOC(C)C)NCC(C)(C)SC.I. The molecular weight excluding hydrogens is 373 g/mol. The van der Waals surface area contributed by atoms with Gasteiger partial charge in [-0.2, -0.15) is 11.8 Å². The normalized spacial score (nSPS) is 12.3. The summed E-state index contributed by atoms with van der Waals surface area (Å²) in [6.45, 7) is 11.1. The standard InChI is InChI=1S/C13H29N3OS.HI/c1-11(2)17-9-7-8-15-12(14-5)16-10-13(3,4)18-6;/h11H,7-10H2,1-6H3,(H2,14,15,16);1H. The molecule has 19 heavy (non-hydrogen) atoms. The molecule has 2 N–H and O–H groups in total. The van der Waals surface area contributed by atoms with Gasteiger partial charge in [0.2, 0.25) is 0 Å². The topological polar surface area (TPSA) is 45.7 Å². The Kier molecular flexibility index (Phi) is 13.7. The molecule has 116 valence electrons. The molecule has 0 aliphatic rings. The summed E-state index contributed by atoms with van der Waals surface area (Å²) in [4.78, 5) is 4.20. The molecule has 0 bridgehead atoms. The molecule has 0 aromatic heterocycles. The number of nitrogens with one attached hydrogen (secondary N) is 2. The first-order valence-corrected chi connectivity index (χ1v) is 7.75. The van der Waals surface area contributed by atoms with E-state index in [2.05, 4.69) is 49.6 Å². The van der Waals surface area contributed by atoms with Crippen LogP contribution >= 0.6 is 35.7 Å². The molecule has 0 aliphatic heterocycles. The summed E-state index contributed by atoms with van der Waals surface area (Å²) in [6, 6.07) is 0. The molecule has 0 radical (unpaired) electrons. The molecule has 0 amide bonds. The molecule has 0 fully saturated rings. The van der Waals surface area contributed by atoms with Gasteiger partial charge in [0, 0.05) is 31.5 Å². The van der Waals surface area contributed by atoms with Crippen molar-refractivity contribution in [2.24, 2.45) is 4.99 Å². The van der Waals surface area contributed by atoms with E-state index < -0.39 is 0 Å². The maximum Gasteiger partial charge on any atom is 0.191 e. The van der Waals surface area contributed by atoms with Crippen molar-refractivity contribution >= 4 is 41.7 Å². The van der Waals surface area contributed by atoms with E-state index in [4.69, 9.17) is 4.74 Å². The minimum absolute atomic E-state index is 0. The van der Waals surface area contributed by atoms with Crippen LogP contribution in [0.5, 0.6) is 0 Å². The summed E-state index contributed by atoms with van der Waals surface area (Å²) >= 11 is 1.85. The third-order valence-corrected chi connectivity index (χ3v) is 3.77. The quantitative estimate of drug-likeness (QED) is 0.283. The van der Waals surface area contributed by atoms with E-state index in [0.29, 0.717) is 6.10 Å². The Bertz CT molecular complexity index is 248. The maximum atomic E-state index is 5.49. The second-order valence-corrected chi connectivity index (χ2v) is 6.60. The first-order valence-electron chi connectivity index (χ1n) is 6.52. The highest BCUT2D eigenvalue weighted by Crippen LogP contribution is 2.19. The Balaban J connectivity index is 0. The van der Waals surface area contributed by atoms with Gasteiger partial charge in [-0.15, -0.1) is 24.0 Å². The highest BCUT2D eigenvalue weighted by atomic mass is 127. The average Bonchev–Trinajstić information content (AvgIpc) is 2.32. The van der Waals surface area contributed by atoms with E-state index in [1.807, 2.05) is 11.8 Å². The Morgan fingerprint density at radius 3 is 2.42 bits per heavy atom. The molecule has 4 nitrogen and oxygen atoms in total. The highest BCUT2D eigenvalue weighted by Gasteiger charge is 2.15. The van der Waals surface area contributed by atoms with Gasteiger partial charge >= 0.3 is 0 Å². The predicted octanol–water partition coefficient (Wildman–Crippen LogP) is 2.73. The van der Waals surface area contributed by atoms with E-state index in [1.165, 1.54) is 0 Å². The number of hydrogen-bond donors (Lipinski definition) is 2. The van der Waals surface area contributed by atoms with E-state index in [1.54, 1.807) is 7.05 Å². The van der Waals surface area contributed by atoms with Crippen molar-refractivity contribution in [2.75, 3.05) is 33.0 Å². The summed E-state index contributed by atoms with van der Waals surface area (Å²) in [7, 11) is 1.80. The van der Waals surface area contributed by atoms with E-state index in [9.17, 15) is 0 Å². The number of halogens is 1. The van der Waals surface area contributed by atoms with Crippen molar-refractivity contribution in [3.05, 3.63) is 0 Å². The van der Waals surface area contributed by atoms with Crippen molar-refractivity contribution in [2.45, 2.75) is 45.0 Å². The van der Waals surface area contributed by atoms with Gasteiger partial charge in [-0.1, -0.05) is 0 Å². The lowest BCUT2D eigenvalue weighted by Crippen LogP contribution is -2.43. The van der Waals surface area contributed by atoms with E-state index in [0.717, 1.165) is 32.1 Å². The Labute approximate surface area is 139 Å². The van der Waals surface area contributed by atoms with Crippen LogP contribution in [0.25, 0.3) is 0 Å². The third kappa shape index (κ3) is 13.1. The van der Waals surface area contributed by atoms with Crippen LogP contribution < -0.4 is 10.6 Å². The summed E-state index contributed by atoms with van der Waals surface area (Å²) < 4.78 is 5.71. The van der Waals surface area contributed by atoms with Crippen molar-refractivity contribution in [1.82, 2.24) is 10.6 Å². The molecule has 0 unspecified atom stereocenters. The van der Waals surface area contributed by atoms with E-state index >= 15 is 0 Å². The summed E-state index contributed by atoms with van der Waals surface area (Å²) in [5.41, 5.74) is 0. The first-order chi connectivity index (χ1) is 8.41. The van der Waals surface area contributed by atoms with Crippen LogP contribution in [-0.2, 0) is 4.74 Å². The number of rotatable bonds is 8. The zero-order valence-corrected chi connectivity index (χ0v) is 16.2. The van der Waals surface area contributed by atoms with Crippen LogP contribution in [-0.4, -0.2) is 49.8 Å². The van der Waals surface area contributed by atoms with Gasteiger partial charge in [0.05, 0.1) is 6.10 Å². The number of nitrogens with zero attached hydrogens (tertiary/aromatic N) is 1. The Hall–Kier alpha value is 0.310. The van der Waals surface area contributed by atoms with Crippen molar-refractivity contribution in [1.29, 1.82) is 0 Å². The molecule has 0 spiro atoms. The largest absolute Gasteiger partial charge is 0.379 e. The van der Waals surface area contributed by atoms with Gasteiger partial charge in [0.25, 0.3) is 0 Å². The number of thioether (sulfide) groups is 1. The molecule has 0 rings (SSSR count). The van der Waals surface area contributed by atoms with Crippen molar-refractivity contribution in [3.63, 3.8) is 0 Å². The number of hydrogen-bond acceptors (Lipinski definition) is 3. The summed E-state index contributed by atoms with van der Waals surface area (Å²) in [5.74, 6) is 0.863. The second kappa shape index (κ2) is 12.1. The van der Waals surface area contributed by atoms with Gasteiger partial charge in [-0.05, 0) is 40.4 Å². The van der Waals surface area contributed by atoms with Crippen LogP contribution in [0.4, 0.5) is 0 Å². The molecule has 0 aromatic carbocycles. The van der Waals surface area contributed by atoms with Gasteiger partial charge in [-0.25, -0.2) is 0 Å². The number of guanidine groups is 1. The summed E-state index contributed by atoms with van der Waals surface area (Å²) in [5, 5.41) is 6.63. The summed E-state index contributed by atoms with van der Waals surface area (Å²) in [6.07, 6.45) is 3.43. The third-order valence-electron chi connectivity index (χ3n) is 2.52. The van der Waals surface area contributed by atoms with E-state index in [-0.39, 0.29) is 28.7 Å². The fourth-order valence-electron chi connectivity index (χ4n) is 1.19. The lowest BCUT2D eigenvalue weighted by atomic mass is 10.2. The Morgan fingerprint density at radius 2 is 1.95 bits per heavy atom. The number of ether oxygens (including phenoxy) is 1. The van der Waals surface area contributed by atoms with Gasteiger partial charge in [0.1, 0.15) is 0 Å². The smallest absolute Gasteiger partial charge is 0.191 e. The first kappa shape index (κ1) is 21.6. The average molecular weight is 403 g/mol. The second-order valence-electron chi connectivity index (χ2n) is 5.09. The zero-order valence-electron chi connectivity index (χ0n) is 13.1. The molecule has 0 aromatic rings. The fraction of sp³-hybridized carbons (Fsp3) is 0.923. The molecule has 0 atom stereocenters. The van der Waals surface area contributed by atoms with Crippen LogP contribution in [0, 0.1) is 0 Å². The zero-order chi connectivity index (χ0) is 14.0. The molecular formula is C13H30IN3OS. The van der Waals surface area contributed by atoms with Crippen LogP contribution in [0.15, 0.2) is 4.99 Å². The van der Waals surface area contributed by atoms with Gasteiger partial charge in [0.15, 0.2) is 5.96 Å². The van der Waals surface area contributed by atoms with Crippen molar-refractivity contribution < 1.29 is 4.74 Å². The Morgan fingerprint density at radius 1 is 1.32 bits per heavy atom. The minimum Gasteiger partial charge on any atom is -0.379 e. The lowest BCUT2D eigenvalue weighted by molar-refractivity contribution is 0.0776.